The predicted molar refractivity (Wildman–Crippen MR) is 69.4 cm³/mol. The molecule has 0 amide bonds. The minimum Gasteiger partial charge on any atom is -0.481 e. The standard InChI is InChI=1S/C13H17N3O2/c1-9-3-4-10-11(7-9)15-12(14-10)8-16(2)6-5-13(17)18/h3-4,7H,5-6,8H2,1-2H3,(H,14,15)(H,17,18). The van der Waals surface area contributed by atoms with Gasteiger partial charge < -0.3 is 10.1 Å². The highest BCUT2D eigenvalue weighted by atomic mass is 16.4. The lowest BCUT2D eigenvalue weighted by molar-refractivity contribution is -0.137. The Bertz CT molecular complexity index is 562. The second kappa shape index (κ2) is 5.18. The smallest absolute Gasteiger partial charge is 0.304 e. The van der Waals surface area contributed by atoms with E-state index >= 15 is 0 Å². The summed E-state index contributed by atoms with van der Waals surface area (Å²) in [6.45, 7) is 3.19. The third-order valence-corrected chi connectivity index (χ3v) is 2.81. The van der Waals surface area contributed by atoms with E-state index in [1.54, 1.807) is 0 Å². The van der Waals surface area contributed by atoms with Crippen LogP contribution in [0.1, 0.15) is 17.8 Å². The van der Waals surface area contributed by atoms with Crippen molar-refractivity contribution in [3.05, 3.63) is 29.6 Å². The summed E-state index contributed by atoms with van der Waals surface area (Å²) in [6, 6.07) is 6.08. The number of carboxylic acid groups (broad SMARTS) is 1. The molecule has 0 saturated carbocycles. The Morgan fingerprint density at radius 2 is 2.28 bits per heavy atom. The number of carbonyl (C=O) groups is 1. The zero-order chi connectivity index (χ0) is 13.1. The number of benzene rings is 1. The maximum atomic E-state index is 10.5. The number of nitrogens with one attached hydrogen (secondary N) is 1. The average molecular weight is 247 g/mol. The fourth-order valence-corrected chi connectivity index (χ4v) is 1.87. The summed E-state index contributed by atoms with van der Waals surface area (Å²) >= 11 is 0. The third-order valence-electron chi connectivity index (χ3n) is 2.81. The van der Waals surface area contributed by atoms with E-state index in [2.05, 4.69) is 16.0 Å². The first-order valence-corrected chi connectivity index (χ1v) is 5.90. The van der Waals surface area contributed by atoms with Gasteiger partial charge in [-0.05, 0) is 31.7 Å². The Balaban J connectivity index is 2.05. The van der Waals surface area contributed by atoms with Gasteiger partial charge in [-0.25, -0.2) is 4.98 Å². The van der Waals surface area contributed by atoms with Gasteiger partial charge in [-0.2, -0.15) is 0 Å². The topological polar surface area (TPSA) is 69.2 Å². The summed E-state index contributed by atoms with van der Waals surface area (Å²) in [5, 5.41) is 8.62. The number of hydrogen-bond donors (Lipinski definition) is 2. The van der Waals surface area contributed by atoms with Crippen LogP contribution in [0.25, 0.3) is 11.0 Å². The van der Waals surface area contributed by atoms with Crippen LogP contribution in [-0.4, -0.2) is 39.5 Å². The van der Waals surface area contributed by atoms with Gasteiger partial charge in [0, 0.05) is 6.54 Å². The number of fused-ring (bicyclic) bond motifs is 1. The Labute approximate surface area is 105 Å². The molecule has 5 heteroatoms. The van der Waals surface area contributed by atoms with Gasteiger partial charge in [0.15, 0.2) is 0 Å². The van der Waals surface area contributed by atoms with E-state index in [-0.39, 0.29) is 6.42 Å². The molecule has 1 aromatic heterocycles. The van der Waals surface area contributed by atoms with E-state index in [9.17, 15) is 4.79 Å². The molecule has 0 spiro atoms. The molecule has 5 nitrogen and oxygen atoms in total. The highest BCUT2D eigenvalue weighted by Crippen LogP contribution is 2.13. The summed E-state index contributed by atoms with van der Waals surface area (Å²) < 4.78 is 0. The number of nitrogens with zero attached hydrogens (tertiary/aromatic N) is 2. The molecule has 18 heavy (non-hydrogen) atoms. The fourth-order valence-electron chi connectivity index (χ4n) is 1.87. The first-order chi connectivity index (χ1) is 8.54. The van der Waals surface area contributed by atoms with Crippen LogP contribution in [0.3, 0.4) is 0 Å². The van der Waals surface area contributed by atoms with Crippen LogP contribution >= 0.6 is 0 Å². The quantitative estimate of drug-likeness (QED) is 0.845. The van der Waals surface area contributed by atoms with Crippen LogP contribution in [-0.2, 0) is 11.3 Å². The van der Waals surface area contributed by atoms with Crippen molar-refractivity contribution in [3.63, 3.8) is 0 Å². The van der Waals surface area contributed by atoms with Crippen LogP contribution in [0.4, 0.5) is 0 Å². The number of H-pyrrole nitrogens is 1. The molecular formula is C13H17N3O2. The third kappa shape index (κ3) is 3.07. The monoisotopic (exact) mass is 247 g/mol. The molecule has 2 aromatic rings. The van der Waals surface area contributed by atoms with Crippen molar-refractivity contribution in [2.75, 3.05) is 13.6 Å². The summed E-state index contributed by atoms with van der Waals surface area (Å²) in [5.74, 6) is 0.0885. The van der Waals surface area contributed by atoms with Gasteiger partial charge in [0.1, 0.15) is 5.82 Å². The van der Waals surface area contributed by atoms with Gasteiger partial charge in [-0.15, -0.1) is 0 Å². The summed E-state index contributed by atoms with van der Waals surface area (Å²) in [4.78, 5) is 20.2. The van der Waals surface area contributed by atoms with Crippen molar-refractivity contribution in [2.24, 2.45) is 0 Å². The van der Waals surface area contributed by atoms with Crippen LogP contribution in [0.15, 0.2) is 18.2 Å². The molecule has 0 aliphatic rings. The zero-order valence-electron chi connectivity index (χ0n) is 10.6. The van der Waals surface area contributed by atoms with Gasteiger partial charge in [0.05, 0.1) is 24.0 Å². The van der Waals surface area contributed by atoms with E-state index in [4.69, 9.17) is 5.11 Å². The van der Waals surface area contributed by atoms with E-state index < -0.39 is 5.97 Å². The molecule has 0 atom stereocenters. The minimum atomic E-state index is -0.776. The van der Waals surface area contributed by atoms with Crippen molar-refractivity contribution in [3.8, 4) is 0 Å². The van der Waals surface area contributed by atoms with Crippen molar-refractivity contribution >= 4 is 17.0 Å². The molecule has 1 heterocycles. The lowest BCUT2D eigenvalue weighted by Crippen LogP contribution is -2.21. The van der Waals surface area contributed by atoms with E-state index in [1.165, 1.54) is 5.56 Å². The second-order valence-corrected chi connectivity index (χ2v) is 4.59. The average Bonchev–Trinajstić information content (AvgIpc) is 2.67. The molecular weight excluding hydrogens is 230 g/mol. The number of aromatic amines is 1. The minimum absolute atomic E-state index is 0.149. The lowest BCUT2D eigenvalue weighted by atomic mass is 10.2. The van der Waals surface area contributed by atoms with Gasteiger partial charge >= 0.3 is 5.97 Å². The number of aryl methyl sites for hydroxylation is 1. The maximum absolute atomic E-state index is 10.5. The number of aromatic nitrogens is 2. The second-order valence-electron chi connectivity index (χ2n) is 4.59. The van der Waals surface area contributed by atoms with Crippen LogP contribution in [0.5, 0.6) is 0 Å². The van der Waals surface area contributed by atoms with Crippen LogP contribution < -0.4 is 0 Å². The van der Waals surface area contributed by atoms with Gasteiger partial charge in [-0.1, -0.05) is 6.07 Å². The van der Waals surface area contributed by atoms with Crippen molar-refractivity contribution in [1.82, 2.24) is 14.9 Å². The van der Waals surface area contributed by atoms with Crippen molar-refractivity contribution in [2.45, 2.75) is 19.9 Å². The molecule has 0 saturated heterocycles. The van der Waals surface area contributed by atoms with Crippen molar-refractivity contribution < 1.29 is 9.90 Å². The first-order valence-electron chi connectivity index (χ1n) is 5.90. The number of aliphatic carboxylic acids is 1. The normalized spacial score (nSPS) is 11.3. The Morgan fingerprint density at radius 1 is 1.50 bits per heavy atom. The number of imidazole rings is 1. The Kier molecular flexibility index (Phi) is 3.62. The highest BCUT2D eigenvalue weighted by Gasteiger charge is 2.07. The van der Waals surface area contributed by atoms with Gasteiger partial charge in [0.2, 0.25) is 0 Å². The summed E-state index contributed by atoms with van der Waals surface area (Å²) in [5.41, 5.74) is 3.16. The maximum Gasteiger partial charge on any atom is 0.304 e. The molecule has 1 aromatic carbocycles. The van der Waals surface area contributed by atoms with Crippen LogP contribution in [0.2, 0.25) is 0 Å². The molecule has 0 aliphatic heterocycles. The fraction of sp³-hybridized carbons (Fsp3) is 0.385. The lowest BCUT2D eigenvalue weighted by Gasteiger charge is -2.12. The molecule has 0 aliphatic carbocycles. The zero-order valence-corrected chi connectivity index (χ0v) is 10.6. The number of hydrogen-bond acceptors (Lipinski definition) is 3. The van der Waals surface area contributed by atoms with Gasteiger partial charge in [0.25, 0.3) is 0 Å². The first kappa shape index (κ1) is 12.6. The molecule has 2 rings (SSSR count). The molecule has 0 bridgehead atoms. The number of rotatable bonds is 5. The Hall–Kier alpha value is -1.88. The van der Waals surface area contributed by atoms with E-state index in [0.29, 0.717) is 13.1 Å². The summed E-state index contributed by atoms with van der Waals surface area (Å²) in [6.07, 6.45) is 0.149. The molecule has 0 radical (unpaired) electrons. The summed E-state index contributed by atoms with van der Waals surface area (Å²) in [7, 11) is 1.89. The molecule has 0 unspecified atom stereocenters. The van der Waals surface area contributed by atoms with Crippen LogP contribution in [0, 0.1) is 6.92 Å². The highest BCUT2D eigenvalue weighted by molar-refractivity contribution is 5.75. The van der Waals surface area contributed by atoms with E-state index in [0.717, 1.165) is 16.9 Å². The number of carboxylic acids is 1. The van der Waals surface area contributed by atoms with E-state index in [1.807, 2.05) is 31.0 Å². The van der Waals surface area contributed by atoms with Crippen molar-refractivity contribution in [1.29, 1.82) is 0 Å². The molecule has 2 N–H and O–H groups in total. The largest absolute Gasteiger partial charge is 0.481 e. The molecule has 0 fully saturated rings. The predicted octanol–water partition coefficient (Wildman–Crippen LogP) is 1.78. The Morgan fingerprint density at radius 3 is 3.00 bits per heavy atom. The molecule has 96 valence electrons. The van der Waals surface area contributed by atoms with Gasteiger partial charge in [-0.3, -0.25) is 9.69 Å². The SMILES string of the molecule is Cc1ccc2nc(CN(C)CCC(=O)O)[nH]c2c1.